The molecule has 4 atom stereocenters. The number of aromatic nitrogens is 1. The predicted molar refractivity (Wildman–Crippen MR) is 139 cm³/mol. The summed E-state index contributed by atoms with van der Waals surface area (Å²) in [5.74, 6) is 3.19. The van der Waals surface area contributed by atoms with Crippen molar-refractivity contribution in [3.63, 3.8) is 0 Å². The molecule has 171 valence electrons. The van der Waals surface area contributed by atoms with E-state index in [1.54, 1.807) is 12.4 Å². The Hall–Kier alpha value is -0.904. The van der Waals surface area contributed by atoms with Crippen LogP contribution >= 0.6 is 0 Å². The summed E-state index contributed by atoms with van der Waals surface area (Å²) in [6.45, 7) is 19.3. The van der Waals surface area contributed by atoms with Crippen LogP contribution in [0.25, 0.3) is 9.63 Å². The van der Waals surface area contributed by atoms with Gasteiger partial charge in [0.05, 0.1) is 0 Å². The molecule has 0 N–H and O–H groups in total. The average Bonchev–Trinajstić information content (AvgIpc) is 2.86. The van der Waals surface area contributed by atoms with Crippen LogP contribution in [0.4, 0.5) is 5.69 Å². The average molecular weight is 493 g/mol. The van der Waals surface area contributed by atoms with Crippen molar-refractivity contribution in [2.75, 3.05) is 0 Å². The van der Waals surface area contributed by atoms with Gasteiger partial charge in [-0.25, -0.2) is 0 Å². The Labute approximate surface area is 205 Å². The van der Waals surface area contributed by atoms with Crippen LogP contribution in [0.15, 0.2) is 60.9 Å². The van der Waals surface area contributed by atoms with Gasteiger partial charge in [-0.05, 0) is 35.8 Å². The Morgan fingerprint density at radius 2 is 1.16 bits per heavy atom. The first-order valence-corrected chi connectivity index (χ1v) is 16.8. The van der Waals surface area contributed by atoms with Gasteiger partial charge in [-0.15, -0.1) is 18.8 Å². The van der Waals surface area contributed by atoms with E-state index in [1.165, 1.54) is 0 Å². The molecule has 0 amide bonds. The first kappa shape index (κ1) is 30.1. The molecule has 0 saturated heterocycles. The van der Waals surface area contributed by atoms with E-state index in [0.29, 0.717) is 0 Å². The fraction of sp³-hybridized carbons (Fsp3) is 0.520. The van der Waals surface area contributed by atoms with Crippen LogP contribution < -0.4 is 0 Å². The first-order valence-electron chi connectivity index (χ1n) is 10.9. The molecule has 1 aromatic carbocycles. The Morgan fingerprint density at radius 1 is 0.710 bits per heavy atom. The molecule has 0 bridgehead atoms. The van der Waals surface area contributed by atoms with E-state index in [2.05, 4.69) is 83.1 Å². The molecular formula is C25H42CrN3Si2. The second-order valence-electron chi connectivity index (χ2n) is 9.69. The summed E-state index contributed by atoms with van der Waals surface area (Å²) in [5, 5.41) is 0. The van der Waals surface area contributed by atoms with Gasteiger partial charge < -0.3 is 17.1 Å². The van der Waals surface area contributed by atoms with Crippen LogP contribution in [-0.4, -0.2) is 21.6 Å². The molecule has 3 nitrogen and oxygen atoms in total. The smallest absolute Gasteiger partial charge is 0.702 e. The molecule has 1 aliphatic carbocycles. The molecule has 0 spiro atoms. The Morgan fingerprint density at radius 3 is 1.55 bits per heavy atom. The van der Waals surface area contributed by atoms with Crippen molar-refractivity contribution >= 4 is 22.3 Å². The van der Waals surface area contributed by atoms with Gasteiger partial charge in [-0.2, -0.15) is 8.40 Å². The second kappa shape index (κ2) is 13.0. The minimum Gasteiger partial charge on any atom is -0.702 e. The van der Waals surface area contributed by atoms with Gasteiger partial charge in [-0.3, -0.25) is 4.98 Å². The third-order valence-electron chi connectivity index (χ3n) is 6.72. The molecule has 2 aromatic rings. The van der Waals surface area contributed by atoms with Gasteiger partial charge in [0.15, 0.2) is 0 Å². The molecule has 6 heteroatoms. The molecule has 1 saturated carbocycles. The summed E-state index contributed by atoms with van der Waals surface area (Å²) >= 11 is 0. The Bertz CT molecular complexity index is 687. The zero-order chi connectivity index (χ0) is 21.7. The fourth-order valence-corrected chi connectivity index (χ4v) is 15.7. The van der Waals surface area contributed by atoms with Gasteiger partial charge in [0.2, 0.25) is 0 Å². The van der Waals surface area contributed by atoms with E-state index in [1.807, 2.05) is 24.3 Å². The molecule has 1 aliphatic rings. The van der Waals surface area contributed by atoms with Crippen molar-refractivity contribution < 1.29 is 17.4 Å². The van der Waals surface area contributed by atoms with Gasteiger partial charge in [0.1, 0.15) is 0 Å². The normalized spacial score (nSPS) is 25.4. The van der Waals surface area contributed by atoms with Crippen LogP contribution in [0.2, 0.25) is 31.7 Å². The quantitative estimate of drug-likeness (QED) is 0.305. The minimum atomic E-state index is -1.94. The Kier molecular flexibility index (Phi) is 12.6. The Balaban J connectivity index is 0.000000972. The minimum absolute atomic E-state index is 0. The molecule has 3 rings (SSSR count). The molecule has 4 unspecified atom stereocenters. The second-order valence-corrected chi connectivity index (χ2v) is 17.8. The van der Waals surface area contributed by atoms with Crippen molar-refractivity contribution in [3.8, 4) is 0 Å². The number of pyridine rings is 1. The van der Waals surface area contributed by atoms with Crippen LogP contribution in [0, 0.1) is 31.1 Å². The predicted octanol–water partition coefficient (Wildman–Crippen LogP) is 8.43. The molecule has 1 radical (unpaired) electrons. The summed E-state index contributed by atoms with van der Waals surface area (Å²) < 4.78 is 5.50. The zero-order valence-corrected chi connectivity index (χ0v) is 24.2. The van der Waals surface area contributed by atoms with Gasteiger partial charge in [-0.1, -0.05) is 91.0 Å². The molecule has 0 aliphatic heterocycles. The number of rotatable bonds is 5. The SMILES string of the molecule is CC1C(C)C(C)C([Si](C)(C)[N-][Si](C)(C)[N-]c2ccccc2)C1C.[CH3-].[Cr+3].c1ccncc1. The van der Waals surface area contributed by atoms with Crippen LogP contribution in [0.1, 0.15) is 27.7 Å². The molecular weight excluding hydrogens is 450 g/mol. The maximum Gasteiger partial charge on any atom is 3.00 e. The van der Waals surface area contributed by atoms with E-state index in [0.717, 1.165) is 34.9 Å². The van der Waals surface area contributed by atoms with Crippen molar-refractivity contribution in [1.29, 1.82) is 0 Å². The summed E-state index contributed by atoms with van der Waals surface area (Å²) in [6.07, 6.45) is 3.50. The maximum absolute atomic E-state index is 5.50. The monoisotopic (exact) mass is 492 g/mol. The maximum atomic E-state index is 5.50. The van der Waals surface area contributed by atoms with Crippen molar-refractivity contribution in [3.05, 3.63) is 78.0 Å². The first-order chi connectivity index (χ1) is 13.6. The summed E-state index contributed by atoms with van der Waals surface area (Å²) in [7, 11) is -3.61. The third-order valence-corrected chi connectivity index (χ3v) is 14.7. The summed E-state index contributed by atoms with van der Waals surface area (Å²) in [5.41, 5.74) is 1.87. The topological polar surface area (TPSA) is 41.1 Å². The van der Waals surface area contributed by atoms with Gasteiger partial charge in [0.25, 0.3) is 0 Å². The standard InChI is InChI=1S/C19H34N2Si2.C5H5N.CH3.Cr/c1-14-15(2)17(4)19(16(14)3)22(5,6)21-23(7,8)20-18-12-10-9-11-13-18;1-2-4-6-5-3-1;;/h9-17,19H,1-8H3;1-5H;1H3;/q-2;;-1;+3. The number of hydrogen-bond donors (Lipinski definition) is 0. The van der Waals surface area contributed by atoms with Gasteiger partial charge in [0, 0.05) is 12.4 Å². The molecule has 1 aromatic heterocycles. The largest absolute Gasteiger partial charge is 3.00 e. The van der Waals surface area contributed by atoms with Crippen molar-refractivity contribution in [2.45, 2.75) is 59.4 Å². The molecule has 1 heterocycles. The third kappa shape index (κ3) is 8.51. The zero-order valence-electron chi connectivity index (χ0n) is 20.9. The van der Waals surface area contributed by atoms with Gasteiger partial charge >= 0.3 is 17.4 Å². The number of nitrogens with zero attached hydrogens (tertiary/aromatic N) is 3. The van der Waals surface area contributed by atoms with Crippen LogP contribution in [0.5, 0.6) is 0 Å². The van der Waals surface area contributed by atoms with Crippen molar-refractivity contribution in [2.24, 2.45) is 23.7 Å². The van der Waals surface area contributed by atoms with E-state index >= 15 is 0 Å². The summed E-state index contributed by atoms with van der Waals surface area (Å²) in [6, 6.07) is 16.1. The van der Waals surface area contributed by atoms with E-state index in [9.17, 15) is 0 Å². The number of benzene rings is 1. The molecule has 1 fully saturated rings. The fourth-order valence-electron chi connectivity index (χ4n) is 5.31. The van der Waals surface area contributed by atoms with Crippen LogP contribution in [0.3, 0.4) is 0 Å². The summed E-state index contributed by atoms with van der Waals surface area (Å²) in [4.78, 5) is 8.83. The molecule has 31 heavy (non-hydrogen) atoms. The number of hydrogen-bond acceptors (Lipinski definition) is 1. The van der Waals surface area contributed by atoms with E-state index in [-0.39, 0.29) is 24.8 Å². The van der Waals surface area contributed by atoms with Crippen LogP contribution in [-0.2, 0) is 17.4 Å². The van der Waals surface area contributed by atoms with E-state index < -0.39 is 16.6 Å². The van der Waals surface area contributed by atoms with Crippen molar-refractivity contribution in [1.82, 2.24) is 4.98 Å². The van der Waals surface area contributed by atoms with E-state index in [4.69, 9.17) is 9.63 Å².